The summed E-state index contributed by atoms with van der Waals surface area (Å²) in [4.78, 5) is 10.0. The van der Waals surface area contributed by atoms with Gasteiger partial charge in [-0.25, -0.2) is 9.97 Å². The molecule has 0 spiro atoms. The molecule has 0 saturated heterocycles. The van der Waals surface area contributed by atoms with Gasteiger partial charge in [0.05, 0.1) is 6.54 Å². The fourth-order valence-electron chi connectivity index (χ4n) is 1.59. The number of nitrogens with zero attached hydrogens (tertiary/aromatic N) is 2. The summed E-state index contributed by atoms with van der Waals surface area (Å²) in [6, 6.07) is 6.12. The van der Waals surface area contributed by atoms with Crippen molar-refractivity contribution in [2.45, 2.75) is 26.8 Å². The normalized spacial score (nSPS) is 10.3. The van der Waals surface area contributed by atoms with Crippen LogP contribution in [0.2, 0.25) is 0 Å². The third kappa shape index (κ3) is 3.70. The smallest absolute Gasteiger partial charge is 0.132 e. The highest BCUT2D eigenvalue weighted by Crippen LogP contribution is 2.14. The molecule has 0 aliphatic heterocycles. The molecule has 0 unspecified atom stereocenters. The zero-order valence-electron chi connectivity index (χ0n) is 10.7. The molecule has 0 amide bonds. The second-order valence-corrected chi connectivity index (χ2v) is 5.08. The molecule has 2 N–H and O–H groups in total. The van der Waals surface area contributed by atoms with Crippen LogP contribution >= 0.6 is 11.3 Å². The van der Waals surface area contributed by atoms with Gasteiger partial charge >= 0.3 is 0 Å². The van der Waals surface area contributed by atoms with Gasteiger partial charge in [0, 0.05) is 17.5 Å². The second kappa shape index (κ2) is 6.35. The summed E-state index contributed by atoms with van der Waals surface area (Å²) in [7, 11) is 0. The van der Waals surface area contributed by atoms with Gasteiger partial charge in [0.15, 0.2) is 0 Å². The number of hydrogen-bond donors (Lipinski definition) is 2. The predicted octanol–water partition coefficient (Wildman–Crippen LogP) is 3.28. The molecule has 0 saturated carbocycles. The van der Waals surface area contributed by atoms with Gasteiger partial charge in [-0.05, 0) is 24.8 Å². The lowest BCUT2D eigenvalue weighted by atomic mass is 10.4. The van der Waals surface area contributed by atoms with Gasteiger partial charge in [0.25, 0.3) is 0 Å². The van der Waals surface area contributed by atoms with Crippen molar-refractivity contribution in [1.29, 1.82) is 0 Å². The maximum Gasteiger partial charge on any atom is 0.132 e. The van der Waals surface area contributed by atoms with Crippen molar-refractivity contribution in [2.24, 2.45) is 0 Å². The minimum absolute atomic E-state index is 0.782. The van der Waals surface area contributed by atoms with E-state index in [4.69, 9.17) is 0 Å². The topological polar surface area (TPSA) is 49.8 Å². The van der Waals surface area contributed by atoms with Crippen LogP contribution in [-0.4, -0.2) is 16.5 Å². The molecule has 18 heavy (non-hydrogen) atoms. The first-order valence-corrected chi connectivity index (χ1v) is 7.01. The SMILES string of the molecule is CCCNc1cc(NCc2cccs2)nc(C)n1. The summed E-state index contributed by atoms with van der Waals surface area (Å²) >= 11 is 1.74. The molecular weight excluding hydrogens is 244 g/mol. The molecule has 0 fully saturated rings. The van der Waals surface area contributed by atoms with Crippen LogP contribution in [-0.2, 0) is 6.54 Å². The quantitative estimate of drug-likeness (QED) is 0.839. The Morgan fingerprint density at radius 2 is 2.00 bits per heavy atom. The molecular formula is C13H18N4S. The van der Waals surface area contributed by atoms with E-state index in [2.05, 4.69) is 45.0 Å². The van der Waals surface area contributed by atoms with E-state index >= 15 is 0 Å². The van der Waals surface area contributed by atoms with Crippen LogP contribution in [0.25, 0.3) is 0 Å². The Hall–Kier alpha value is -1.62. The number of aryl methyl sites for hydroxylation is 1. The number of thiophene rings is 1. The number of anilines is 2. The van der Waals surface area contributed by atoms with Crippen molar-refractivity contribution in [2.75, 3.05) is 17.2 Å². The highest BCUT2D eigenvalue weighted by molar-refractivity contribution is 7.09. The minimum Gasteiger partial charge on any atom is -0.370 e. The van der Waals surface area contributed by atoms with E-state index in [1.807, 2.05) is 13.0 Å². The predicted molar refractivity (Wildman–Crippen MR) is 77.2 cm³/mol. The lowest BCUT2D eigenvalue weighted by Crippen LogP contribution is -2.07. The maximum atomic E-state index is 4.38. The van der Waals surface area contributed by atoms with Crippen LogP contribution < -0.4 is 10.6 Å². The van der Waals surface area contributed by atoms with Gasteiger partial charge in [-0.2, -0.15) is 0 Å². The lowest BCUT2D eigenvalue weighted by molar-refractivity contribution is 0.952. The van der Waals surface area contributed by atoms with E-state index in [9.17, 15) is 0 Å². The van der Waals surface area contributed by atoms with E-state index in [0.29, 0.717) is 0 Å². The van der Waals surface area contributed by atoms with Gasteiger partial charge in [-0.15, -0.1) is 11.3 Å². The Bertz CT molecular complexity index is 482. The average Bonchev–Trinajstić information content (AvgIpc) is 2.86. The first-order chi connectivity index (χ1) is 8.78. The van der Waals surface area contributed by atoms with Gasteiger partial charge in [-0.3, -0.25) is 0 Å². The van der Waals surface area contributed by atoms with Crippen LogP contribution in [0.5, 0.6) is 0 Å². The zero-order valence-corrected chi connectivity index (χ0v) is 11.5. The molecule has 0 bridgehead atoms. The summed E-state index contributed by atoms with van der Waals surface area (Å²) in [5.41, 5.74) is 0. The highest BCUT2D eigenvalue weighted by atomic mass is 32.1. The number of hydrogen-bond acceptors (Lipinski definition) is 5. The van der Waals surface area contributed by atoms with Crippen molar-refractivity contribution in [1.82, 2.24) is 9.97 Å². The number of aromatic nitrogens is 2. The van der Waals surface area contributed by atoms with E-state index in [1.54, 1.807) is 11.3 Å². The van der Waals surface area contributed by atoms with Gasteiger partial charge in [0.2, 0.25) is 0 Å². The Balaban J connectivity index is 2.00. The molecule has 4 nitrogen and oxygen atoms in total. The second-order valence-electron chi connectivity index (χ2n) is 4.05. The minimum atomic E-state index is 0.782. The fourth-order valence-corrected chi connectivity index (χ4v) is 2.24. The maximum absolute atomic E-state index is 4.38. The van der Waals surface area contributed by atoms with Crippen LogP contribution in [0, 0.1) is 6.92 Å². The monoisotopic (exact) mass is 262 g/mol. The molecule has 0 radical (unpaired) electrons. The molecule has 2 rings (SSSR count). The first-order valence-electron chi connectivity index (χ1n) is 6.13. The molecule has 2 aromatic rings. The van der Waals surface area contributed by atoms with Crippen molar-refractivity contribution in [3.05, 3.63) is 34.3 Å². The highest BCUT2D eigenvalue weighted by Gasteiger charge is 2.01. The van der Waals surface area contributed by atoms with Crippen molar-refractivity contribution in [3.63, 3.8) is 0 Å². The third-order valence-corrected chi connectivity index (χ3v) is 3.29. The van der Waals surface area contributed by atoms with E-state index < -0.39 is 0 Å². The molecule has 0 aromatic carbocycles. The lowest BCUT2D eigenvalue weighted by Gasteiger charge is -2.09. The van der Waals surface area contributed by atoms with Crippen LogP contribution in [0.3, 0.4) is 0 Å². The summed E-state index contributed by atoms with van der Waals surface area (Å²) in [6.07, 6.45) is 1.08. The van der Waals surface area contributed by atoms with Gasteiger partial charge < -0.3 is 10.6 Å². The standard InChI is InChI=1S/C13H18N4S/c1-3-6-14-12-8-13(17-10(2)16-12)15-9-11-5-4-7-18-11/h4-5,7-8H,3,6,9H2,1-2H3,(H2,14,15,16,17). The first kappa shape index (κ1) is 12.8. The fraction of sp³-hybridized carbons (Fsp3) is 0.385. The van der Waals surface area contributed by atoms with Crippen LogP contribution in [0.1, 0.15) is 24.0 Å². The Kier molecular flexibility index (Phi) is 4.52. The van der Waals surface area contributed by atoms with Crippen LogP contribution in [0.15, 0.2) is 23.6 Å². The Morgan fingerprint density at radius 1 is 1.22 bits per heavy atom. The molecule has 2 heterocycles. The summed E-state index contributed by atoms with van der Waals surface area (Å²) < 4.78 is 0. The summed E-state index contributed by atoms with van der Waals surface area (Å²) in [6.45, 7) is 5.78. The third-order valence-electron chi connectivity index (χ3n) is 2.42. The number of nitrogens with one attached hydrogen (secondary N) is 2. The molecule has 0 aliphatic carbocycles. The number of rotatable bonds is 6. The molecule has 0 atom stereocenters. The zero-order chi connectivity index (χ0) is 12.8. The molecule has 2 aromatic heterocycles. The van der Waals surface area contributed by atoms with Crippen molar-refractivity contribution >= 4 is 23.0 Å². The Labute approximate surface area is 111 Å². The van der Waals surface area contributed by atoms with E-state index in [-0.39, 0.29) is 0 Å². The van der Waals surface area contributed by atoms with E-state index in [1.165, 1.54) is 4.88 Å². The van der Waals surface area contributed by atoms with Crippen molar-refractivity contribution < 1.29 is 0 Å². The summed E-state index contributed by atoms with van der Waals surface area (Å²) in [5, 5.41) is 8.68. The summed E-state index contributed by atoms with van der Waals surface area (Å²) in [5.74, 6) is 2.54. The van der Waals surface area contributed by atoms with Crippen molar-refractivity contribution in [3.8, 4) is 0 Å². The molecule has 96 valence electrons. The molecule has 0 aliphatic rings. The van der Waals surface area contributed by atoms with Crippen LogP contribution in [0.4, 0.5) is 11.6 Å². The van der Waals surface area contributed by atoms with E-state index in [0.717, 1.165) is 37.0 Å². The largest absolute Gasteiger partial charge is 0.370 e. The van der Waals surface area contributed by atoms with Gasteiger partial charge in [0.1, 0.15) is 17.5 Å². The average molecular weight is 262 g/mol. The van der Waals surface area contributed by atoms with Gasteiger partial charge in [-0.1, -0.05) is 13.0 Å². The molecule has 5 heteroatoms. The Morgan fingerprint density at radius 3 is 2.67 bits per heavy atom.